The fourth-order valence-electron chi connectivity index (χ4n) is 4.51. The number of methoxy groups -OCH3 is 2. The minimum absolute atomic E-state index is 0. The molecule has 1 aliphatic rings. The third kappa shape index (κ3) is 8.21. The zero-order chi connectivity index (χ0) is 23.8. The normalized spacial score (nSPS) is 13.7. The van der Waals surface area contributed by atoms with Crippen LogP contribution in [0.15, 0.2) is 33.2 Å². The highest BCUT2D eigenvalue weighted by atomic mass is 79.9. The van der Waals surface area contributed by atoms with Crippen LogP contribution in [0.3, 0.4) is 0 Å². The lowest BCUT2D eigenvalue weighted by Crippen LogP contribution is -2.23. The van der Waals surface area contributed by atoms with E-state index in [4.69, 9.17) is 19.9 Å². The molecule has 0 atom stereocenters. The molecule has 0 bridgehead atoms. The standard InChI is InChI=1S/C26H36Br2N2O3.ClH/c1-30(12-5-13-33-21-16-22(27)26(29)23(28)17-21)11-4-6-18-7-9-19-14-24(31-2)25(32-3)15-20(19)10-8-18;/h14-18H,4-13,29H2,1-3H3;1H. The number of aryl methyl sites for hydroxylation is 2. The Hall–Kier alpha value is -1.15. The summed E-state index contributed by atoms with van der Waals surface area (Å²) in [5.74, 6) is 3.30. The first-order chi connectivity index (χ1) is 15.9. The van der Waals surface area contributed by atoms with Crippen molar-refractivity contribution in [3.8, 4) is 17.2 Å². The van der Waals surface area contributed by atoms with Gasteiger partial charge in [0, 0.05) is 15.5 Å². The van der Waals surface area contributed by atoms with E-state index >= 15 is 0 Å². The van der Waals surface area contributed by atoms with Crippen LogP contribution in [0.4, 0.5) is 5.69 Å². The Balaban J connectivity index is 0.00000408. The van der Waals surface area contributed by atoms with Gasteiger partial charge < -0.3 is 24.8 Å². The molecule has 0 saturated heterocycles. The van der Waals surface area contributed by atoms with Gasteiger partial charge in [0.25, 0.3) is 0 Å². The maximum atomic E-state index is 5.93. The number of hydrogen-bond donors (Lipinski definition) is 1. The van der Waals surface area contributed by atoms with Crippen LogP contribution in [0.2, 0.25) is 0 Å². The molecule has 2 N–H and O–H groups in total. The smallest absolute Gasteiger partial charge is 0.161 e. The molecule has 3 rings (SSSR count). The lowest BCUT2D eigenvalue weighted by atomic mass is 9.94. The summed E-state index contributed by atoms with van der Waals surface area (Å²) in [5.41, 5.74) is 9.47. The van der Waals surface area contributed by atoms with Crippen LogP contribution in [0.5, 0.6) is 17.2 Å². The zero-order valence-electron chi connectivity index (χ0n) is 20.4. The topological polar surface area (TPSA) is 57.0 Å². The highest BCUT2D eigenvalue weighted by Crippen LogP contribution is 2.36. The van der Waals surface area contributed by atoms with E-state index in [1.165, 1.54) is 36.8 Å². The van der Waals surface area contributed by atoms with Gasteiger partial charge in [-0.25, -0.2) is 0 Å². The van der Waals surface area contributed by atoms with E-state index in [-0.39, 0.29) is 12.4 Å². The molecule has 0 fully saturated rings. The van der Waals surface area contributed by atoms with Crippen LogP contribution < -0.4 is 19.9 Å². The van der Waals surface area contributed by atoms with Crippen molar-refractivity contribution in [2.45, 2.75) is 44.9 Å². The van der Waals surface area contributed by atoms with Gasteiger partial charge in [0.2, 0.25) is 0 Å². The Labute approximate surface area is 227 Å². The van der Waals surface area contributed by atoms with Crippen molar-refractivity contribution >= 4 is 50.0 Å². The second-order valence-electron chi connectivity index (χ2n) is 8.87. The minimum atomic E-state index is 0. The number of fused-ring (bicyclic) bond motifs is 1. The van der Waals surface area contributed by atoms with E-state index in [9.17, 15) is 0 Å². The van der Waals surface area contributed by atoms with Crippen molar-refractivity contribution in [1.82, 2.24) is 4.90 Å². The van der Waals surface area contributed by atoms with E-state index in [1.54, 1.807) is 14.2 Å². The summed E-state index contributed by atoms with van der Waals surface area (Å²) in [5, 5.41) is 0. The van der Waals surface area contributed by atoms with E-state index in [0.29, 0.717) is 12.3 Å². The number of nitrogens with two attached hydrogens (primary N) is 1. The van der Waals surface area contributed by atoms with Crippen molar-refractivity contribution in [2.24, 2.45) is 5.92 Å². The van der Waals surface area contributed by atoms with Gasteiger partial charge in [-0.15, -0.1) is 12.4 Å². The van der Waals surface area contributed by atoms with Gasteiger partial charge >= 0.3 is 0 Å². The first-order valence-corrected chi connectivity index (χ1v) is 13.3. The van der Waals surface area contributed by atoms with Gasteiger partial charge in [0.1, 0.15) is 5.75 Å². The fraction of sp³-hybridized carbons (Fsp3) is 0.538. The fourth-order valence-corrected chi connectivity index (χ4v) is 5.66. The quantitative estimate of drug-likeness (QED) is 0.168. The summed E-state index contributed by atoms with van der Waals surface area (Å²) in [6.45, 7) is 2.86. The number of anilines is 1. The number of ether oxygens (including phenoxy) is 3. The number of rotatable bonds is 11. The first kappa shape index (κ1) is 29.1. The van der Waals surface area contributed by atoms with E-state index in [1.807, 2.05) is 12.1 Å². The lowest BCUT2D eigenvalue weighted by molar-refractivity contribution is 0.255. The molecule has 0 unspecified atom stereocenters. The maximum Gasteiger partial charge on any atom is 0.161 e. The molecule has 0 heterocycles. The number of benzene rings is 2. The average Bonchev–Trinajstić information content (AvgIpc) is 3.01. The molecule has 5 nitrogen and oxygen atoms in total. The molecule has 0 aliphatic heterocycles. The van der Waals surface area contributed by atoms with Crippen LogP contribution >= 0.6 is 44.3 Å². The van der Waals surface area contributed by atoms with Gasteiger partial charge in [-0.05, 0) is 132 Å². The van der Waals surface area contributed by atoms with Crippen LogP contribution in [-0.2, 0) is 12.8 Å². The molecule has 190 valence electrons. The van der Waals surface area contributed by atoms with Crippen molar-refractivity contribution in [3.63, 3.8) is 0 Å². The summed E-state index contributed by atoms with van der Waals surface area (Å²) in [7, 11) is 5.63. The molecule has 0 aromatic heterocycles. The molecule has 2 aromatic carbocycles. The second-order valence-corrected chi connectivity index (χ2v) is 10.6. The number of hydrogen-bond acceptors (Lipinski definition) is 5. The van der Waals surface area contributed by atoms with Crippen LogP contribution in [0.1, 0.15) is 43.2 Å². The maximum absolute atomic E-state index is 5.93. The SMILES string of the molecule is COc1cc2c(cc1OC)CCC(CCCN(C)CCCOc1cc(Br)c(N)c(Br)c1)CC2.Cl. The Morgan fingerprint density at radius 2 is 1.44 bits per heavy atom. The van der Waals surface area contributed by atoms with E-state index < -0.39 is 0 Å². The van der Waals surface area contributed by atoms with Gasteiger partial charge in [-0.2, -0.15) is 0 Å². The Morgan fingerprint density at radius 1 is 0.912 bits per heavy atom. The predicted molar refractivity (Wildman–Crippen MR) is 150 cm³/mol. The molecule has 0 amide bonds. The molecule has 2 aromatic rings. The van der Waals surface area contributed by atoms with Gasteiger partial charge in [-0.1, -0.05) is 0 Å². The van der Waals surface area contributed by atoms with Crippen LogP contribution in [0, 0.1) is 5.92 Å². The Morgan fingerprint density at radius 3 is 1.97 bits per heavy atom. The third-order valence-electron chi connectivity index (χ3n) is 6.51. The summed E-state index contributed by atoms with van der Waals surface area (Å²) in [4.78, 5) is 2.42. The zero-order valence-corrected chi connectivity index (χ0v) is 24.4. The number of nitrogen functional groups attached to an aromatic ring is 1. The van der Waals surface area contributed by atoms with Crippen LogP contribution in [-0.4, -0.2) is 45.9 Å². The summed E-state index contributed by atoms with van der Waals surface area (Å²) >= 11 is 6.92. The number of halogens is 3. The van der Waals surface area contributed by atoms with Crippen molar-refractivity contribution < 1.29 is 14.2 Å². The minimum Gasteiger partial charge on any atom is -0.493 e. The Kier molecular flexibility index (Phi) is 12.3. The highest BCUT2D eigenvalue weighted by molar-refractivity contribution is 9.11. The largest absolute Gasteiger partial charge is 0.493 e. The second kappa shape index (κ2) is 14.4. The molecule has 0 saturated carbocycles. The monoisotopic (exact) mass is 618 g/mol. The molecule has 8 heteroatoms. The molecule has 0 radical (unpaired) electrons. The van der Waals surface area contributed by atoms with E-state index in [0.717, 1.165) is 64.5 Å². The molecular formula is C26H37Br2ClN2O3. The summed E-state index contributed by atoms with van der Waals surface area (Å²) in [6.07, 6.45) is 8.30. The van der Waals surface area contributed by atoms with Crippen LogP contribution in [0.25, 0.3) is 0 Å². The molecule has 1 aliphatic carbocycles. The predicted octanol–water partition coefficient (Wildman–Crippen LogP) is 6.91. The number of nitrogens with zero attached hydrogens (tertiary/aromatic N) is 1. The van der Waals surface area contributed by atoms with Crippen molar-refractivity contribution in [1.29, 1.82) is 0 Å². The first-order valence-electron chi connectivity index (χ1n) is 11.7. The Bertz CT molecular complexity index is 871. The van der Waals surface area contributed by atoms with Gasteiger partial charge in [0.15, 0.2) is 11.5 Å². The highest BCUT2D eigenvalue weighted by Gasteiger charge is 2.19. The van der Waals surface area contributed by atoms with Gasteiger partial charge in [0.05, 0.1) is 26.5 Å². The molecular weight excluding hydrogens is 584 g/mol. The van der Waals surface area contributed by atoms with Crippen molar-refractivity contribution in [2.75, 3.05) is 46.7 Å². The third-order valence-corrected chi connectivity index (χ3v) is 7.82. The average molecular weight is 621 g/mol. The molecule has 34 heavy (non-hydrogen) atoms. The van der Waals surface area contributed by atoms with Crippen molar-refractivity contribution in [3.05, 3.63) is 44.3 Å². The van der Waals surface area contributed by atoms with Gasteiger partial charge in [-0.3, -0.25) is 0 Å². The summed E-state index contributed by atoms with van der Waals surface area (Å²) < 4.78 is 18.6. The lowest BCUT2D eigenvalue weighted by Gasteiger charge is -2.19. The van der Waals surface area contributed by atoms with E-state index in [2.05, 4.69) is 55.9 Å². The molecule has 0 spiro atoms. The summed E-state index contributed by atoms with van der Waals surface area (Å²) in [6, 6.07) is 8.18.